The molecule has 1 N–H and O–H groups in total. The van der Waals surface area contributed by atoms with Crippen molar-refractivity contribution in [1.82, 2.24) is 14.9 Å². The van der Waals surface area contributed by atoms with Gasteiger partial charge in [-0.25, -0.2) is 9.97 Å². The zero-order valence-electron chi connectivity index (χ0n) is 10.1. The fraction of sp³-hybridized carbons (Fsp3) is 0.636. The quantitative estimate of drug-likeness (QED) is 0.808. The van der Waals surface area contributed by atoms with Gasteiger partial charge in [-0.15, -0.1) is 0 Å². The highest BCUT2D eigenvalue weighted by Crippen LogP contribution is 2.22. The van der Waals surface area contributed by atoms with Crippen molar-refractivity contribution in [3.63, 3.8) is 0 Å². The minimum atomic E-state index is -4.11. The molecular weight excluding hydrogens is 372 g/mol. The first kappa shape index (κ1) is 14.8. The zero-order valence-corrected chi connectivity index (χ0v) is 12.3. The fourth-order valence-corrected chi connectivity index (χ4v) is 2.39. The lowest BCUT2D eigenvalue weighted by Gasteiger charge is -2.17. The summed E-state index contributed by atoms with van der Waals surface area (Å²) >= 11 is 2.11. The number of hydrogen-bond donors (Lipinski definition) is 1. The molecular formula is C11H14F3IN4. The van der Waals surface area contributed by atoms with Gasteiger partial charge in [0.2, 0.25) is 5.95 Å². The van der Waals surface area contributed by atoms with E-state index in [-0.39, 0.29) is 5.92 Å². The van der Waals surface area contributed by atoms with Crippen LogP contribution in [0.2, 0.25) is 0 Å². The third kappa shape index (κ3) is 5.09. The molecule has 1 aliphatic rings. The molecule has 0 saturated carbocycles. The predicted octanol–water partition coefficient (Wildman–Crippen LogP) is 2.38. The van der Waals surface area contributed by atoms with E-state index in [1.807, 2.05) is 0 Å². The number of nitrogens with zero attached hydrogens (tertiary/aromatic N) is 3. The lowest BCUT2D eigenvalue weighted by atomic mass is 10.1. The number of anilines is 1. The predicted molar refractivity (Wildman–Crippen MR) is 73.8 cm³/mol. The van der Waals surface area contributed by atoms with Crippen LogP contribution < -0.4 is 5.32 Å². The Labute approximate surface area is 122 Å². The Bertz CT molecular complexity index is 409. The maximum absolute atomic E-state index is 12.2. The molecule has 19 heavy (non-hydrogen) atoms. The van der Waals surface area contributed by atoms with Crippen LogP contribution in [-0.2, 0) is 0 Å². The van der Waals surface area contributed by atoms with Crippen LogP contribution in [0.15, 0.2) is 12.4 Å². The molecule has 106 valence electrons. The summed E-state index contributed by atoms with van der Waals surface area (Å²) in [5.74, 6) is 0.736. The van der Waals surface area contributed by atoms with Crippen molar-refractivity contribution in [2.45, 2.75) is 12.6 Å². The Morgan fingerprint density at radius 1 is 1.37 bits per heavy atom. The molecule has 1 saturated heterocycles. The normalized spacial score (nSPS) is 20.7. The van der Waals surface area contributed by atoms with Gasteiger partial charge in [-0.2, -0.15) is 13.2 Å². The molecule has 0 aromatic carbocycles. The van der Waals surface area contributed by atoms with Gasteiger partial charge >= 0.3 is 6.18 Å². The van der Waals surface area contributed by atoms with Crippen LogP contribution in [0.4, 0.5) is 19.1 Å². The molecule has 0 bridgehead atoms. The van der Waals surface area contributed by atoms with Crippen LogP contribution in [-0.4, -0.2) is 47.2 Å². The highest BCUT2D eigenvalue weighted by Gasteiger charge is 2.34. The second-order valence-corrected chi connectivity index (χ2v) is 5.86. The SMILES string of the molecule is FC(F)(F)CN1CCC(CNc2ncc(I)cn2)C1. The molecule has 1 aromatic rings. The van der Waals surface area contributed by atoms with E-state index in [0.717, 1.165) is 9.99 Å². The molecule has 1 atom stereocenters. The summed E-state index contributed by atoms with van der Waals surface area (Å²) in [6.45, 7) is 0.759. The van der Waals surface area contributed by atoms with Crippen LogP contribution in [0.3, 0.4) is 0 Å². The highest BCUT2D eigenvalue weighted by molar-refractivity contribution is 14.1. The minimum Gasteiger partial charge on any atom is -0.354 e. The van der Waals surface area contributed by atoms with Crippen LogP contribution in [0.1, 0.15) is 6.42 Å². The Hall–Kier alpha value is -0.640. The molecule has 0 radical (unpaired) electrons. The summed E-state index contributed by atoms with van der Waals surface area (Å²) in [6, 6.07) is 0. The molecule has 0 aliphatic carbocycles. The number of rotatable bonds is 4. The first-order chi connectivity index (χ1) is 8.92. The van der Waals surface area contributed by atoms with Crippen molar-refractivity contribution in [3.8, 4) is 0 Å². The second kappa shape index (κ2) is 6.21. The topological polar surface area (TPSA) is 41.0 Å². The van der Waals surface area contributed by atoms with E-state index in [0.29, 0.717) is 25.6 Å². The summed E-state index contributed by atoms with van der Waals surface area (Å²) in [5, 5.41) is 3.06. The molecule has 1 fully saturated rings. The van der Waals surface area contributed by atoms with Crippen LogP contribution in [0, 0.1) is 9.49 Å². The third-order valence-corrected chi connectivity index (χ3v) is 3.50. The number of aromatic nitrogens is 2. The molecule has 8 heteroatoms. The van der Waals surface area contributed by atoms with Gasteiger partial charge in [0, 0.05) is 29.1 Å². The van der Waals surface area contributed by atoms with E-state index in [1.165, 1.54) is 4.90 Å². The van der Waals surface area contributed by atoms with E-state index in [9.17, 15) is 13.2 Å². The molecule has 1 aromatic heterocycles. The van der Waals surface area contributed by atoms with Gasteiger partial charge in [-0.05, 0) is 41.5 Å². The summed E-state index contributed by atoms with van der Waals surface area (Å²) in [6.07, 6.45) is 0.0516. The first-order valence-corrected chi connectivity index (χ1v) is 7.01. The van der Waals surface area contributed by atoms with Crippen molar-refractivity contribution >= 4 is 28.5 Å². The Balaban J connectivity index is 1.75. The molecule has 1 unspecified atom stereocenters. The van der Waals surface area contributed by atoms with Crippen LogP contribution >= 0.6 is 22.6 Å². The lowest BCUT2D eigenvalue weighted by molar-refractivity contribution is -0.143. The van der Waals surface area contributed by atoms with E-state index >= 15 is 0 Å². The van der Waals surface area contributed by atoms with E-state index in [4.69, 9.17) is 0 Å². The van der Waals surface area contributed by atoms with Gasteiger partial charge in [0.05, 0.1) is 6.54 Å². The minimum absolute atomic E-state index is 0.213. The molecule has 2 heterocycles. The number of halogens is 4. The van der Waals surface area contributed by atoms with Gasteiger partial charge in [0.25, 0.3) is 0 Å². The number of nitrogens with one attached hydrogen (secondary N) is 1. The van der Waals surface area contributed by atoms with Crippen molar-refractivity contribution < 1.29 is 13.2 Å². The molecule has 0 amide bonds. The van der Waals surface area contributed by atoms with Crippen molar-refractivity contribution in [3.05, 3.63) is 16.0 Å². The number of hydrogen-bond acceptors (Lipinski definition) is 4. The van der Waals surface area contributed by atoms with Crippen molar-refractivity contribution in [2.24, 2.45) is 5.92 Å². The Morgan fingerprint density at radius 3 is 2.68 bits per heavy atom. The molecule has 4 nitrogen and oxygen atoms in total. The van der Waals surface area contributed by atoms with E-state index in [1.54, 1.807) is 12.4 Å². The summed E-state index contributed by atoms with van der Waals surface area (Å²) < 4.78 is 37.7. The van der Waals surface area contributed by atoms with Crippen molar-refractivity contribution in [1.29, 1.82) is 0 Å². The van der Waals surface area contributed by atoms with Crippen molar-refractivity contribution in [2.75, 3.05) is 31.5 Å². The maximum Gasteiger partial charge on any atom is 0.401 e. The fourth-order valence-electron chi connectivity index (χ4n) is 2.12. The Kier molecular flexibility index (Phi) is 4.82. The molecule has 0 spiro atoms. The largest absolute Gasteiger partial charge is 0.401 e. The summed E-state index contributed by atoms with van der Waals surface area (Å²) in [7, 11) is 0. The molecule has 1 aliphatic heterocycles. The standard InChI is InChI=1S/C11H14F3IN4/c12-11(13,14)7-19-2-1-8(6-19)3-16-10-17-4-9(15)5-18-10/h4-5,8H,1-3,6-7H2,(H,16,17,18). The molecule has 2 rings (SSSR count). The summed E-state index contributed by atoms with van der Waals surface area (Å²) in [5.41, 5.74) is 0. The zero-order chi connectivity index (χ0) is 13.9. The monoisotopic (exact) mass is 386 g/mol. The number of likely N-dealkylation sites (tertiary alicyclic amines) is 1. The van der Waals surface area contributed by atoms with Crippen LogP contribution in [0.25, 0.3) is 0 Å². The Morgan fingerprint density at radius 2 is 2.05 bits per heavy atom. The van der Waals surface area contributed by atoms with Gasteiger partial charge in [-0.1, -0.05) is 0 Å². The second-order valence-electron chi connectivity index (χ2n) is 4.61. The van der Waals surface area contributed by atoms with Gasteiger partial charge in [-0.3, -0.25) is 4.90 Å². The van der Waals surface area contributed by atoms with Gasteiger partial charge in [0.1, 0.15) is 0 Å². The highest BCUT2D eigenvalue weighted by atomic mass is 127. The van der Waals surface area contributed by atoms with Crippen LogP contribution in [0.5, 0.6) is 0 Å². The average Bonchev–Trinajstić information content (AvgIpc) is 2.73. The smallest absolute Gasteiger partial charge is 0.354 e. The first-order valence-electron chi connectivity index (χ1n) is 5.93. The number of alkyl halides is 3. The van der Waals surface area contributed by atoms with Gasteiger partial charge < -0.3 is 5.32 Å². The van der Waals surface area contributed by atoms with Gasteiger partial charge in [0.15, 0.2) is 0 Å². The van der Waals surface area contributed by atoms with E-state index in [2.05, 4.69) is 37.9 Å². The summed E-state index contributed by atoms with van der Waals surface area (Å²) in [4.78, 5) is 9.63. The third-order valence-electron chi connectivity index (χ3n) is 2.94. The average molecular weight is 386 g/mol. The maximum atomic E-state index is 12.2. The van der Waals surface area contributed by atoms with E-state index < -0.39 is 12.7 Å². The lowest BCUT2D eigenvalue weighted by Crippen LogP contribution is -2.33.